The summed E-state index contributed by atoms with van der Waals surface area (Å²) in [5.41, 5.74) is 5.68. The molecular formula is C29H36F2N4O8S. The average Bonchev–Trinajstić information content (AvgIpc) is 2.83. The number of sulfonamides is 1. The van der Waals surface area contributed by atoms with Crippen molar-refractivity contribution < 1.29 is 46.5 Å². The van der Waals surface area contributed by atoms with E-state index in [1.54, 1.807) is 0 Å². The summed E-state index contributed by atoms with van der Waals surface area (Å²) in [5.74, 6) is -7.78. The van der Waals surface area contributed by atoms with E-state index in [1.807, 2.05) is 0 Å². The van der Waals surface area contributed by atoms with Crippen LogP contribution in [0.3, 0.4) is 0 Å². The van der Waals surface area contributed by atoms with Crippen LogP contribution in [0.25, 0.3) is 6.08 Å². The Morgan fingerprint density at radius 1 is 0.955 bits per heavy atom. The van der Waals surface area contributed by atoms with Gasteiger partial charge in [-0.1, -0.05) is 41.5 Å². The van der Waals surface area contributed by atoms with Crippen LogP contribution in [0.5, 0.6) is 11.5 Å². The SMILES string of the molecule is C/C(=C\c1cc(F)c(Oc2ccc(S(=O)(=O)NC(C(=O)O)C(C(=O)O)(C(C)(C)C)C(C)(C)C)cc2)c(F)c1)C(=O)N=C(N)N. The Labute approximate surface area is 253 Å². The molecule has 12 nitrogen and oxygen atoms in total. The smallest absolute Gasteiger partial charge is 0.322 e. The number of hydrogen-bond donors (Lipinski definition) is 5. The Bertz CT molecular complexity index is 1580. The fourth-order valence-corrected chi connectivity index (χ4v) is 6.60. The Morgan fingerprint density at radius 3 is 1.82 bits per heavy atom. The van der Waals surface area contributed by atoms with Crippen LogP contribution in [0.2, 0.25) is 0 Å². The predicted octanol–water partition coefficient (Wildman–Crippen LogP) is 3.86. The van der Waals surface area contributed by atoms with Crippen LogP contribution in [0.4, 0.5) is 8.78 Å². The second kappa shape index (κ2) is 12.7. The quantitative estimate of drug-likeness (QED) is 0.144. The van der Waals surface area contributed by atoms with Crippen LogP contribution in [-0.2, 0) is 24.4 Å². The number of nitrogens with zero attached hydrogens (tertiary/aromatic N) is 1. The van der Waals surface area contributed by atoms with Crippen molar-refractivity contribution in [2.24, 2.45) is 32.7 Å². The Hall–Kier alpha value is -4.37. The zero-order valence-corrected chi connectivity index (χ0v) is 26.0. The van der Waals surface area contributed by atoms with Crippen molar-refractivity contribution in [3.8, 4) is 11.5 Å². The molecule has 0 aliphatic carbocycles. The number of carboxylic acid groups (broad SMARTS) is 2. The fraction of sp³-hybridized carbons (Fsp3) is 0.379. The van der Waals surface area contributed by atoms with Gasteiger partial charge in [-0.05, 0) is 65.8 Å². The first-order chi connectivity index (χ1) is 20.0. The number of nitrogens with one attached hydrogen (secondary N) is 1. The zero-order valence-electron chi connectivity index (χ0n) is 25.2. The molecule has 0 fully saturated rings. The van der Waals surface area contributed by atoms with Gasteiger partial charge in [0.15, 0.2) is 23.3 Å². The standard InChI is InChI=1S/C29H36F2N4O8S/c1-15(23(36)34-26(32)33)12-16-13-19(30)21(20(31)14-16)43-17-8-10-18(11-9-17)44(41,42)35-22(24(37)38)29(25(39)40,27(2,3)4)28(5,6)7/h8-14,22,35H,1-7H3,(H,37,38)(H,39,40)(H4,32,33,34,36)/b15-12+. The highest BCUT2D eigenvalue weighted by Crippen LogP contribution is 2.54. The van der Waals surface area contributed by atoms with Crippen molar-refractivity contribution in [2.75, 3.05) is 0 Å². The van der Waals surface area contributed by atoms with Crippen molar-refractivity contribution in [3.05, 3.63) is 59.2 Å². The third-order valence-corrected chi connectivity index (χ3v) is 8.42. The minimum atomic E-state index is -4.64. The molecule has 44 heavy (non-hydrogen) atoms. The maximum Gasteiger partial charge on any atom is 0.322 e. The maximum atomic E-state index is 14.8. The second-order valence-electron chi connectivity index (χ2n) is 12.1. The van der Waals surface area contributed by atoms with Crippen molar-refractivity contribution in [2.45, 2.75) is 59.4 Å². The van der Waals surface area contributed by atoms with Gasteiger partial charge in [-0.15, -0.1) is 0 Å². The number of amides is 1. The van der Waals surface area contributed by atoms with E-state index in [-0.39, 0.29) is 16.9 Å². The number of benzene rings is 2. The van der Waals surface area contributed by atoms with Gasteiger partial charge in [0.25, 0.3) is 5.91 Å². The second-order valence-corrected chi connectivity index (χ2v) is 13.8. The van der Waals surface area contributed by atoms with Gasteiger partial charge in [0, 0.05) is 5.57 Å². The lowest BCUT2D eigenvalue weighted by Gasteiger charge is -2.52. The molecule has 0 aliphatic rings. The Morgan fingerprint density at radius 2 is 1.43 bits per heavy atom. The number of carbonyl (C=O) groups excluding carboxylic acids is 1. The molecule has 0 aromatic heterocycles. The highest BCUT2D eigenvalue weighted by atomic mass is 32.2. The largest absolute Gasteiger partial charge is 0.481 e. The fourth-order valence-electron chi connectivity index (χ4n) is 5.39. The first kappa shape index (κ1) is 35.8. The summed E-state index contributed by atoms with van der Waals surface area (Å²) in [7, 11) is -4.64. The third-order valence-electron chi connectivity index (χ3n) is 6.98. The minimum Gasteiger partial charge on any atom is -0.481 e. The van der Waals surface area contributed by atoms with Crippen LogP contribution in [0, 0.1) is 27.9 Å². The van der Waals surface area contributed by atoms with Gasteiger partial charge in [0.05, 0.1) is 4.90 Å². The summed E-state index contributed by atoms with van der Waals surface area (Å²) >= 11 is 0. The molecule has 0 spiro atoms. The number of hydrogen-bond acceptors (Lipinski definition) is 6. The van der Waals surface area contributed by atoms with Gasteiger partial charge in [0.1, 0.15) is 17.2 Å². The van der Waals surface area contributed by atoms with E-state index in [1.165, 1.54) is 48.5 Å². The molecule has 0 radical (unpaired) electrons. The Balaban J connectivity index is 2.43. The highest BCUT2D eigenvalue weighted by Gasteiger charge is 2.64. The van der Waals surface area contributed by atoms with E-state index in [0.29, 0.717) is 0 Å². The van der Waals surface area contributed by atoms with Crippen molar-refractivity contribution in [1.29, 1.82) is 0 Å². The summed E-state index contributed by atoms with van der Waals surface area (Å²) in [5, 5.41) is 20.4. The van der Waals surface area contributed by atoms with E-state index < -0.39 is 78.4 Å². The van der Waals surface area contributed by atoms with Crippen LogP contribution in [0.1, 0.15) is 54.0 Å². The topological polar surface area (TPSA) is 211 Å². The molecule has 0 bridgehead atoms. The lowest BCUT2D eigenvalue weighted by Crippen LogP contribution is -2.66. The van der Waals surface area contributed by atoms with Gasteiger partial charge in [-0.2, -0.15) is 9.71 Å². The molecule has 240 valence electrons. The first-order valence-corrected chi connectivity index (χ1v) is 14.5. The molecule has 0 aliphatic heterocycles. The van der Waals surface area contributed by atoms with Crippen molar-refractivity contribution in [3.63, 3.8) is 0 Å². The van der Waals surface area contributed by atoms with Gasteiger partial charge in [0.2, 0.25) is 10.0 Å². The molecule has 15 heteroatoms. The minimum absolute atomic E-state index is 0.00740. The number of aliphatic imine (C=N–C) groups is 1. The molecule has 2 aromatic rings. The third kappa shape index (κ3) is 7.39. The van der Waals surface area contributed by atoms with Crippen LogP contribution in [-0.4, -0.2) is 48.5 Å². The molecule has 1 atom stereocenters. The molecule has 7 N–H and O–H groups in total. The van der Waals surface area contributed by atoms with Gasteiger partial charge in [-0.3, -0.25) is 14.4 Å². The molecular weight excluding hydrogens is 602 g/mol. The van der Waals surface area contributed by atoms with Crippen LogP contribution >= 0.6 is 0 Å². The maximum absolute atomic E-state index is 14.8. The van der Waals surface area contributed by atoms with Gasteiger partial charge < -0.3 is 26.4 Å². The molecule has 2 aromatic carbocycles. The van der Waals surface area contributed by atoms with Crippen LogP contribution in [0.15, 0.2) is 51.9 Å². The lowest BCUT2D eigenvalue weighted by atomic mass is 9.51. The number of halogens is 2. The summed E-state index contributed by atoms with van der Waals surface area (Å²) in [4.78, 5) is 39.8. The van der Waals surface area contributed by atoms with Crippen LogP contribution < -0.4 is 20.9 Å². The number of carboxylic acids is 2. The van der Waals surface area contributed by atoms with Gasteiger partial charge >= 0.3 is 11.9 Å². The van der Waals surface area contributed by atoms with E-state index in [9.17, 15) is 41.8 Å². The predicted molar refractivity (Wildman–Crippen MR) is 158 cm³/mol. The zero-order chi connectivity index (χ0) is 34.0. The average molecular weight is 639 g/mol. The summed E-state index contributed by atoms with van der Waals surface area (Å²) in [6.45, 7) is 10.4. The Kier molecular flexibility index (Phi) is 10.3. The molecule has 0 saturated heterocycles. The van der Waals surface area contributed by atoms with E-state index in [2.05, 4.69) is 9.71 Å². The number of guanidine groups is 1. The first-order valence-electron chi connectivity index (χ1n) is 13.0. The number of carbonyl (C=O) groups is 3. The van der Waals surface area contributed by atoms with E-state index in [0.717, 1.165) is 42.5 Å². The molecule has 0 saturated carbocycles. The summed E-state index contributed by atoms with van der Waals surface area (Å²) in [6.07, 6.45) is 1.15. The number of aliphatic carboxylic acids is 2. The lowest BCUT2D eigenvalue weighted by molar-refractivity contribution is -0.180. The number of rotatable bonds is 10. The van der Waals surface area contributed by atoms with Crippen molar-refractivity contribution in [1.82, 2.24) is 4.72 Å². The number of nitrogens with two attached hydrogens (primary N) is 2. The normalized spacial score (nSPS) is 13.6. The van der Waals surface area contributed by atoms with E-state index in [4.69, 9.17) is 16.2 Å². The summed E-state index contributed by atoms with van der Waals surface area (Å²) < 4.78 is 63.5. The monoisotopic (exact) mass is 638 g/mol. The van der Waals surface area contributed by atoms with Crippen molar-refractivity contribution >= 4 is 39.9 Å². The molecule has 1 unspecified atom stereocenters. The molecule has 2 rings (SSSR count). The molecule has 1 amide bonds. The summed E-state index contributed by atoms with van der Waals surface area (Å²) in [6, 6.07) is 3.84. The highest BCUT2D eigenvalue weighted by molar-refractivity contribution is 7.89. The van der Waals surface area contributed by atoms with E-state index >= 15 is 0 Å². The molecule has 0 heterocycles. The van der Waals surface area contributed by atoms with Gasteiger partial charge in [-0.25, -0.2) is 17.2 Å². The number of ether oxygens (including phenoxy) is 1.